The highest BCUT2D eigenvalue weighted by Crippen LogP contribution is 2.38. The SMILES string of the molecule is CC(C)(C)C(=O)N[N+]1(C[C@H](O)[C@@H](N)CSc2cccc3ccccc23)CC[C@H]2CCCC[C@H]2C1. The minimum atomic E-state index is -0.678. The number of nitrogens with one attached hydrogen (secondary N) is 1. The molecule has 6 heteroatoms. The summed E-state index contributed by atoms with van der Waals surface area (Å²) in [5.41, 5.74) is 9.44. The third-order valence-corrected chi connectivity index (χ3v) is 9.03. The van der Waals surface area contributed by atoms with Gasteiger partial charge in [-0.25, -0.2) is 10.0 Å². The van der Waals surface area contributed by atoms with Crippen molar-refractivity contribution in [3.05, 3.63) is 42.5 Å². The van der Waals surface area contributed by atoms with Crippen LogP contribution in [0.3, 0.4) is 0 Å². The molecule has 2 aliphatic rings. The first-order valence-corrected chi connectivity index (χ1v) is 13.9. The number of carbonyl (C=O) groups excluding carboxylic acids is 1. The molecular weight excluding hydrogens is 442 g/mol. The fourth-order valence-corrected chi connectivity index (χ4v) is 6.78. The zero-order valence-corrected chi connectivity index (χ0v) is 21.8. The van der Waals surface area contributed by atoms with Gasteiger partial charge < -0.3 is 10.8 Å². The quantitative estimate of drug-likeness (QED) is 0.392. The molecule has 2 fully saturated rings. The van der Waals surface area contributed by atoms with E-state index in [1.54, 1.807) is 11.8 Å². The van der Waals surface area contributed by atoms with E-state index in [1.807, 2.05) is 20.8 Å². The normalized spacial score (nSPS) is 27.1. The van der Waals surface area contributed by atoms with Gasteiger partial charge in [0.1, 0.15) is 25.7 Å². The van der Waals surface area contributed by atoms with Gasteiger partial charge in [0.15, 0.2) is 0 Å². The van der Waals surface area contributed by atoms with Gasteiger partial charge in [0.25, 0.3) is 5.91 Å². The number of amides is 1. The Labute approximate surface area is 209 Å². The van der Waals surface area contributed by atoms with Crippen molar-refractivity contribution in [1.82, 2.24) is 5.43 Å². The number of aliphatic hydroxyl groups excluding tert-OH is 1. The second-order valence-corrected chi connectivity index (χ2v) is 12.6. The monoisotopic (exact) mass is 484 g/mol. The number of likely N-dealkylation sites (tertiary alicyclic amines) is 1. The fourth-order valence-electron chi connectivity index (χ4n) is 5.67. The molecule has 4 rings (SSSR count). The van der Waals surface area contributed by atoms with Crippen molar-refractivity contribution in [3.63, 3.8) is 0 Å². The van der Waals surface area contributed by atoms with Gasteiger partial charge in [-0.1, -0.05) is 70.0 Å². The smallest absolute Gasteiger partial charge is 0.270 e. The van der Waals surface area contributed by atoms with Crippen LogP contribution >= 0.6 is 11.8 Å². The summed E-state index contributed by atoms with van der Waals surface area (Å²) in [7, 11) is 0. The first kappa shape index (κ1) is 25.5. The Bertz CT molecular complexity index is 986. The van der Waals surface area contributed by atoms with Crippen molar-refractivity contribution in [2.45, 2.75) is 69.9 Å². The van der Waals surface area contributed by atoms with Crippen molar-refractivity contribution in [1.29, 1.82) is 0 Å². The van der Waals surface area contributed by atoms with Gasteiger partial charge >= 0.3 is 0 Å². The van der Waals surface area contributed by atoms with Gasteiger partial charge in [-0.2, -0.15) is 0 Å². The van der Waals surface area contributed by atoms with Gasteiger partial charge in [0.2, 0.25) is 0 Å². The first-order valence-electron chi connectivity index (χ1n) is 12.9. The molecule has 1 aliphatic heterocycles. The van der Waals surface area contributed by atoms with Crippen LogP contribution in [0.15, 0.2) is 47.4 Å². The predicted octanol–water partition coefficient (Wildman–Crippen LogP) is 4.72. The topological polar surface area (TPSA) is 75.3 Å². The number of piperidine rings is 1. The maximum atomic E-state index is 13.0. The summed E-state index contributed by atoms with van der Waals surface area (Å²) < 4.78 is 0.463. The van der Waals surface area contributed by atoms with E-state index in [0.717, 1.165) is 25.4 Å². The lowest BCUT2D eigenvalue weighted by Gasteiger charge is -2.49. The molecule has 2 aromatic carbocycles. The molecule has 1 heterocycles. The van der Waals surface area contributed by atoms with Gasteiger partial charge in [-0.05, 0) is 35.6 Å². The lowest BCUT2D eigenvalue weighted by molar-refractivity contribution is -0.972. The number of carbonyl (C=O) groups is 1. The van der Waals surface area contributed by atoms with E-state index in [0.29, 0.717) is 22.8 Å². The Hall–Kier alpha value is -1.60. The van der Waals surface area contributed by atoms with Crippen molar-refractivity contribution >= 4 is 28.4 Å². The number of nitrogens with two attached hydrogens (primary N) is 1. The summed E-state index contributed by atoms with van der Waals surface area (Å²) in [6.07, 6.45) is 5.58. The summed E-state index contributed by atoms with van der Waals surface area (Å²) in [4.78, 5) is 14.2. The second kappa shape index (κ2) is 10.6. The maximum absolute atomic E-state index is 13.0. The van der Waals surface area contributed by atoms with Gasteiger partial charge in [-0.15, -0.1) is 11.8 Å². The summed E-state index contributed by atoms with van der Waals surface area (Å²) in [5, 5.41) is 13.7. The zero-order valence-electron chi connectivity index (χ0n) is 21.0. The highest BCUT2D eigenvalue weighted by atomic mass is 32.2. The molecule has 0 bridgehead atoms. The molecule has 1 amide bonds. The maximum Gasteiger partial charge on any atom is 0.270 e. The molecule has 0 spiro atoms. The van der Waals surface area contributed by atoms with Crippen LogP contribution in [0.2, 0.25) is 0 Å². The Kier molecular flexibility index (Phi) is 7.92. The van der Waals surface area contributed by atoms with E-state index < -0.39 is 11.5 Å². The van der Waals surface area contributed by atoms with Crippen LogP contribution < -0.4 is 11.2 Å². The molecule has 34 heavy (non-hydrogen) atoms. The summed E-state index contributed by atoms with van der Waals surface area (Å²) in [6, 6.07) is 14.3. The number of thioether (sulfide) groups is 1. The third kappa shape index (κ3) is 5.96. The van der Waals surface area contributed by atoms with Crippen LogP contribution in [-0.4, -0.2) is 53.1 Å². The highest BCUT2D eigenvalue weighted by molar-refractivity contribution is 7.99. The summed E-state index contributed by atoms with van der Waals surface area (Å²) >= 11 is 1.70. The van der Waals surface area contributed by atoms with Crippen LogP contribution in [0.5, 0.6) is 0 Å². The number of benzene rings is 2. The summed E-state index contributed by atoms with van der Waals surface area (Å²) in [6.45, 7) is 8.12. The Morgan fingerprint density at radius 2 is 1.82 bits per heavy atom. The molecule has 1 saturated carbocycles. The second-order valence-electron chi connectivity index (χ2n) is 11.5. The van der Waals surface area contributed by atoms with Crippen LogP contribution in [-0.2, 0) is 4.79 Å². The Morgan fingerprint density at radius 3 is 2.59 bits per heavy atom. The van der Waals surface area contributed by atoms with E-state index in [2.05, 4.69) is 47.9 Å². The molecule has 0 aromatic heterocycles. The minimum Gasteiger partial charge on any atom is -0.385 e. The van der Waals surface area contributed by atoms with Crippen molar-refractivity contribution in [2.75, 3.05) is 25.4 Å². The van der Waals surface area contributed by atoms with E-state index in [1.165, 1.54) is 41.4 Å². The molecule has 186 valence electrons. The summed E-state index contributed by atoms with van der Waals surface area (Å²) in [5.74, 6) is 2.07. The van der Waals surface area contributed by atoms with E-state index in [9.17, 15) is 9.90 Å². The number of fused-ring (bicyclic) bond motifs is 2. The van der Waals surface area contributed by atoms with E-state index >= 15 is 0 Å². The van der Waals surface area contributed by atoms with Crippen LogP contribution in [0.4, 0.5) is 0 Å². The van der Waals surface area contributed by atoms with Crippen LogP contribution in [0.25, 0.3) is 10.8 Å². The minimum absolute atomic E-state index is 0.0488. The van der Waals surface area contributed by atoms with Gasteiger partial charge in [0.05, 0.1) is 0 Å². The van der Waals surface area contributed by atoms with E-state index in [-0.39, 0.29) is 11.9 Å². The van der Waals surface area contributed by atoms with Crippen molar-refractivity contribution in [3.8, 4) is 0 Å². The molecule has 5 atom stereocenters. The average molecular weight is 485 g/mol. The Balaban J connectivity index is 1.45. The van der Waals surface area contributed by atoms with E-state index in [4.69, 9.17) is 5.73 Å². The predicted molar refractivity (Wildman–Crippen MR) is 141 cm³/mol. The van der Waals surface area contributed by atoms with Gasteiger partial charge in [-0.3, -0.25) is 4.79 Å². The largest absolute Gasteiger partial charge is 0.385 e. The Morgan fingerprint density at radius 1 is 1.12 bits per heavy atom. The number of nitrogens with zero attached hydrogens (tertiary/aromatic N) is 1. The van der Waals surface area contributed by atoms with Crippen LogP contribution in [0, 0.1) is 17.3 Å². The fraction of sp³-hybridized carbons (Fsp3) is 0.607. The van der Waals surface area contributed by atoms with Gasteiger partial charge in [0, 0.05) is 34.4 Å². The molecular formula is C28H42N3O2S+. The average Bonchev–Trinajstić information content (AvgIpc) is 2.81. The van der Waals surface area contributed by atoms with Crippen LogP contribution in [0.1, 0.15) is 52.9 Å². The number of quaternary nitrogens is 1. The molecule has 1 unspecified atom stereocenters. The number of rotatable bonds is 7. The van der Waals surface area contributed by atoms with Crippen molar-refractivity contribution < 1.29 is 14.5 Å². The molecule has 4 N–H and O–H groups in total. The zero-order chi connectivity index (χ0) is 24.3. The number of aliphatic hydroxyl groups is 1. The lowest BCUT2D eigenvalue weighted by atomic mass is 9.74. The molecule has 1 aliphatic carbocycles. The first-order chi connectivity index (χ1) is 16.2. The number of hydrogen-bond acceptors (Lipinski definition) is 4. The molecule has 1 saturated heterocycles. The molecule has 2 aromatic rings. The standard InChI is InChI=1S/C28H41N3O2S/c1-28(2,3)27(33)30-31(16-15-20-9-4-5-11-22(20)17-31)18-25(32)24(29)19-34-26-14-8-12-21-10-6-7-13-23(21)26/h6-8,10,12-14,20,22,24-25,32H,4-5,9,11,15-19,29H2,1-3H3/p+1/t20-,22+,24+,25+,31?/m1/s1. The lowest BCUT2D eigenvalue weighted by Crippen LogP contribution is -2.70. The number of hydrogen-bond donors (Lipinski definition) is 3. The van der Waals surface area contributed by atoms with Crippen molar-refractivity contribution in [2.24, 2.45) is 23.0 Å². The molecule has 0 radical (unpaired) electrons. The molecule has 5 nitrogen and oxygen atoms in total. The highest BCUT2D eigenvalue weighted by Gasteiger charge is 2.45. The third-order valence-electron chi connectivity index (χ3n) is 7.81.